The molecule has 122 valence electrons. The molecule has 2 aromatic rings. The summed E-state index contributed by atoms with van der Waals surface area (Å²) in [4.78, 5) is 23.9. The van der Waals surface area contributed by atoms with Gasteiger partial charge in [-0.1, -0.05) is 23.7 Å². The first-order valence-electron chi connectivity index (χ1n) is 7.21. The lowest BCUT2D eigenvalue weighted by Crippen LogP contribution is -2.23. The third kappa shape index (κ3) is 4.62. The van der Waals surface area contributed by atoms with Crippen LogP contribution in [0, 0.1) is 6.92 Å². The second-order valence-corrected chi connectivity index (χ2v) is 7.09. The maximum atomic E-state index is 12.3. The number of aromatic nitrogens is 1. The Morgan fingerprint density at radius 2 is 2.13 bits per heavy atom. The van der Waals surface area contributed by atoms with Gasteiger partial charge in [-0.05, 0) is 37.1 Å². The Morgan fingerprint density at radius 3 is 2.78 bits per heavy atom. The Labute approximate surface area is 144 Å². The van der Waals surface area contributed by atoms with Gasteiger partial charge in [-0.15, -0.1) is 11.8 Å². The average molecular weight is 351 g/mol. The van der Waals surface area contributed by atoms with Gasteiger partial charge in [-0.3, -0.25) is 9.59 Å². The van der Waals surface area contributed by atoms with Crippen molar-refractivity contribution in [3.05, 3.63) is 63.0 Å². The van der Waals surface area contributed by atoms with E-state index in [-0.39, 0.29) is 16.7 Å². The molecule has 0 radical (unpaired) electrons. The first kappa shape index (κ1) is 17.6. The fourth-order valence-electron chi connectivity index (χ4n) is 1.99. The SMILES string of the molecule is Cc1cccc(Cl)c1NC(=O)C(C)SCc1ccn(C)c(=O)c1. The molecule has 0 saturated carbocycles. The quantitative estimate of drug-likeness (QED) is 0.896. The van der Waals surface area contributed by atoms with Crippen molar-refractivity contribution in [1.82, 2.24) is 4.57 Å². The van der Waals surface area contributed by atoms with E-state index in [1.807, 2.05) is 32.0 Å². The molecule has 0 fully saturated rings. The van der Waals surface area contributed by atoms with Crippen molar-refractivity contribution in [2.24, 2.45) is 7.05 Å². The molecule has 1 heterocycles. The molecular weight excluding hydrogens is 332 g/mol. The van der Waals surface area contributed by atoms with Crippen LogP contribution in [0.15, 0.2) is 41.3 Å². The number of thioether (sulfide) groups is 1. The lowest BCUT2D eigenvalue weighted by molar-refractivity contribution is -0.115. The molecule has 1 aromatic heterocycles. The molecule has 1 amide bonds. The maximum absolute atomic E-state index is 12.3. The van der Waals surface area contributed by atoms with Crippen LogP contribution < -0.4 is 10.9 Å². The molecule has 1 N–H and O–H groups in total. The van der Waals surface area contributed by atoms with Crippen LogP contribution in [0.2, 0.25) is 5.02 Å². The van der Waals surface area contributed by atoms with Gasteiger partial charge < -0.3 is 9.88 Å². The zero-order valence-electron chi connectivity index (χ0n) is 13.3. The Hall–Kier alpha value is -1.72. The number of carbonyl (C=O) groups is 1. The summed E-state index contributed by atoms with van der Waals surface area (Å²) in [5.41, 5.74) is 2.44. The first-order chi connectivity index (χ1) is 10.9. The second kappa shape index (κ2) is 7.70. The van der Waals surface area contributed by atoms with E-state index in [0.717, 1.165) is 11.1 Å². The van der Waals surface area contributed by atoms with E-state index in [1.54, 1.807) is 25.4 Å². The minimum absolute atomic E-state index is 0.0492. The van der Waals surface area contributed by atoms with Crippen LogP contribution in [0.3, 0.4) is 0 Å². The second-order valence-electron chi connectivity index (χ2n) is 5.36. The normalized spacial score (nSPS) is 12.0. The summed E-state index contributed by atoms with van der Waals surface area (Å²) in [5, 5.41) is 3.15. The number of nitrogens with zero attached hydrogens (tertiary/aromatic N) is 1. The number of benzene rings is 1. The maximum Gasteiger partial charge on any atom is 0.250 e. The van der Waals surface area contributed by atoms with Crippen molar-refractivity contribution in [3.63, 3.8) is 0 Å². The summed E-state index contributed by atoms with van der Waals surface area (Å²) in [6.45, 7) is 3.74. The Morgan fingerprint density at radius 1 is 1.39 bits per heavy atom. The zero-order valence-corrected chi connectivity index (χ0v) is 14.9. The van der Waals surface area contributed by atoms with Gasteiger partial charge in [0.15, 0.2) is 0 Å². The van der Waals surface area contributed by atoms with Crippen molar-refractivity contribution in [2.75, 3.05) is 5.32 Å². The van der Waals surface area contributed by atoms with Crippen LogP contribution in [0.5, 0.6) is 0 Å². The summed E-state index contributed by atoms with van der Waals surface area (Å²) in [5.74, 6) is 0.502. The number of halogens is 1. The Bertz CT molecular complexity index is 753. The minimum Gasteiger partial charge on any atom is -0.324 e. The lowest BCUT2D eigenvalue weighted by Gasteiger charge is -2.14. The number of rotatable bonds is 5. The molecular formula is C17H19ClN2O2S. The van der Waals surface area contributed by atoms with E-state index >= 15 is 0 Å². The predicted molar refractivity (Wildman–Crippen MR) is 97.3 cm³/mol. The summed E-state index contributed by atoms with van der Waals surface area (Å²) in [6, 6.07) is 8.98. The molecule has 4 nitrogen and oxygen atoms in total. The molecule has 2 rings (SSSR count). The highest BCUT2D eigenvalue weighted by atomic mass is 35.5. The molecule has 0 aliphatic carbocycles. The lowest BCUT2D eigenvalue weighted by atomic mass is 10.2. The molecule has 0 aliphatic rings. The van der Waals surface area contributed by atoms with Gasteiger partial charge in [0.1, 0.15) is 0 Å². The highest BCUT2D eigenvalue weighted by molar-refractivity contribution is 7.99. The average Bonchev–Trinajstić information content (AvgIpc) is 2.51. The molecule has 0 aliphatic heterocycles. The smallest absolute Gasteiger partial charge is 0.250 e. The number of para-hydroxylation sites is 1. The third-order valence-corrected chi connectivity index (χ3v) is 5.04. The topological polar surface area (TPSA) is 51.1 Å². The van der Waals surface area contributed by atoms with Crippen molar-refractivity contribution in [2.45, 2.75) is 24.9 Å². The van der Waals surface area contributed by atoms with E-state index in [1.165, 1.54) is 16.3 Å². The van der Waals surface area contributed by atoms with E-state index in [9.17, 15) is 9.59 Å². The van der Waals surface area contributed by atoms with Crippen LogP contribution in [0.25, 0.3) is 0 Å². The number of hydrogen-bond acceptors (Lipinski definition) is 3. The van der Waals surface area contributed by atoms with Gasteiger partial charge in [-0.25, -0.2) is 0 Å². The molecule has 1 unspecified atom stereocenters. The fourth-order valence-corrected chi connectivity index (χ4v) is 3.09. The van der Waals surface area contributed by atoms with E-state index < -0.39 is 0 Å². The summed E-state index contributed by atoms with van der Waals surface area (Å²) < 4.78 is 1.52. The molecule has 0 spiro atoms. The first-order valence-corrected chi connectivity index (χ1v) is 8.64. The number of nitrogens with one attached hydrogen (secondary N) is 1. The zero-order chi connectivity index (χ0) is 17.0. The van der Waals surface area contributed by atoms with Crippen molar-refractivity contribution in [3.8, 4) is 0 Å². The molecule has 1 aromatic carbocycles. The number of amides is 1. The largest absolute Gasteiger partial charge is 0.324 e. The molecule has 0 bridgehead atoms. The molecule has 6 heteroatoms. The molecule has 0 saturated heterocycles. The van der Waals surface area contributed by atoms with E-state index in [2.05, 4.69) is 5.32 Å². The van der Waals surface area contributed by atoms with Crippen molar-refractivity contribution >= 4 is 35.0 Å². The van der Waals surface area contributed by atoms with Crippen LogP contribution in [-0.2, 0) is 17.6 Å². The Balaban J connectivity index is 1.97. The van der Waals surface area contributed by atoms with Gasteiger partial charge >= 0.3 is 0 Å². The molecule has 23 heavy (non-hydrogen) atoms. The third-order valence-electron chi connectivity index (χ3n) is 3.51. The van der Waals surface area contributed by atoms with E-state index in [0.29, 0.717) is 16.5 Å². The minimum atomic E-state index is -0.255. The number of carbonyl (C=O) groups excluding carboxylic acids is 1. The van der Waals surface area contributed by atoms with Crippen LogP contribution in [0.4, 0.5) is 5.69 Å². The fraction of sp³-hybridized carbons (Fsp3) is 0.294. The van der Waals surface area contributed by atoms with Gasteiger partial charge in [-0.2, -0.15) is 0 Å². The van der Waals surface area contributed by atoms with Gasteiger partial charge in [0.05, 0.1) is 16.0 Å². The van der Waals surface area contributed by atoms with Gasteiger partial charge in [0.25, 0.3) is 5.56 Å². The van der Waals surface area contributed by atoms with Crippen LogP contribution >= 0.6 is 23.4 Å². The monoisotopic (exact) mass is 350 g/mol. The van der Waals surface area contributed by atoms with Gasteiger partial charge in [0.2, 0.25) is 5.91 Å². The van der Waals surface area contributed by atoms with E-state index in [4.69, 9.17) is 11.6 Å². The van der Waals surface area contributed by atoms with Crippen LogP contribution in [0.1, 0.15) is 18.1 Å². The summed E-state index contributed by atoms with van der Waals surface area (Å²) >= 11 is 7.60. The Kier molecular flexibility index (Phi) is 5.91. The number of aryl methyl sites for hydroxylation is 2. The van der Waals surface area contributed by atoms with Crippen LogP contribution in [-0.4, -0.2) is 15.7 Å². The number of pyridine rings is 1. The predicted octanol–water partition coefficient (Wildman–Crippen LogP) is 3.61. The number of anilines is 1. The molecule has 1 atom stereocenters. The highest BCUT2D eigenvalue weighted by Crippen LogP contribution is 2.26. The summed E-state index contributed by atoms with van der Waals surface area (Å²) in [6.07, 6.45) is 1.73. The van der Waals surface area contributed by atoms with Crippen molar-refractivity contribution in [1.29, 1.82) is 0 Å². The summed E-state index contributed by atoms with van der Waals surface area (Å²) in [7, 11) is 1.71. The van der Waals surface area contributed by atoms with Gasteiger partial charge in [0, 0.05) is 25.1 Å². The standard InChI is InChI=1S/C17H19ClN2O2S/c1-11-5-4-6-14(18)16(11)19-17(22)12(2)23-10-13-7-8-20(3)15(21)9-13/h4-9,12H,10H2,1-3H3,(H,19,22). The highest BCUT2D eigenvalue weighted by Gasteiger charge is 2.16. The van der Waals surface area contributed by atoms with Crippen molar-refractivity contribution < 1.29 is 4.79 Å². The number of hydrogen-bond donors (Lipinski definition) is 1.